The lowest BCUT2D eigenvalue weighted by atomic mass is 10.0. The summed E-state index contributed by atoms with van der Waals surface area (Å²) in [6.07, 6.45) is 0. The van der Waals surface area contributed by atoms with E-state index in [2.05, 4.69) is 0 Å². The lowest BCUT2D eigenvalue weighted by molar-refractivity contribution is -0.144. The van der Waals surface area contributed by atoms with Crippen molar-refractivity contribution in [3.8, 4) is 16.9 Å². The van der Waals surface area contributed by atoms with Gasteiger partial charge >= 0.3 is 5.97 Å². The van der Waals surface area contributed by atoms with E-state index in [9.17, 15) is 14.4 Å². The number of rotatable bonds is 9. The van der Waals surface area contributed by atoms with Crippen LogP contribution in [-0.2, 0) is 9.53 Å². The fourth-order valence-corrected chi connectivity index (χ4v) is 3.35. The molecular formula is C29H22O5. The molecule has 0 amide bonds. The zero-order valence-electron chi connectivity index (χ0n) is 18.3. The van der Waals surface area contributed by atoms with E-state index in [4.69, 9.17) is 9.47 Å². The van der Waals surface area contributed by atoms with Gasteiger partial charge in [0.2, 0.25) is 0 Å². The van der Waals surface area contributed by atoms with Gasteiger partial charge in [-0.25, -0.2) is 4.79 Å². The molecule has 0 aromatic heterocycles. The van der Waals surface area contributed by atoms with Gasteiger partial charge in [-0.1, -0.05) is 84.9 Å². The van der Waals surface area contributed by atoms with E-state index in [0.717, 1.165) is 11.1 Å². The molecule has 0 heterocycles. The maximum absolute atomic E-state index is 12.4. The lowest BCUT2D eigenvalue weighted by Gasteiger charge is -2.08. The van der Waals surface area contributed by atoms with Gasteiger partial charge in [0.15, 0.2) is 24.8 Å². The van der Waals surface area contributed by atoms with Crippen molar-refractivity contribution in [2.45, 2.75) is 0 Å². The summed E-state index contributed by atoms with van der Waals surface area (Å²) in [4.78, 5) is 36.8. The van der Waals surface area contributed by atoms with Crippen LogP contribution in [0.5, 0.6) is 5.75 Å². The summed E-state index contributed by atoms with van der Waals surface area (Å²) in [5.41, 5.74) is 3.64. The summed E-state index contributed by atoms with van der Waals surface area (Å²) in [6.45, 7) is -0.705. The molecule has 0 radical (unpaired) electrons. The quantitative estimate of drug-likeness (QED) is 0.253. The maximum atomic E-state index is 12.4. The normalized spacial score (nSPS) is 10.4. The largest absolute Gasteiger partial charge is 0.482 e. The Morgan fingerprint density at radius 1 is 0.529 bits per heavy atom. The van der Waals surface area contributed by atoms with E-state index in [1.54, 1.807) is 60.7 Å². The van der Waals surface area contributed by atoms with Crippen LogP contribution in [-0.4, -0.2) is 30.7 Å². The lowest BCUT2D eigenvalue weighted by Crippen LogP contribution is -2.19. The third-order valence-corrected chi connectivity index (χ3v) is 5.19. The number of benzene rings is 4. The minimum atomic E-state index is -0.654. The second kappa shape index (κ2) is 10.9. The molecule has 34 heavy (non-hydrogen) atoms. The molecule has 0 unspecified atom stereocenters. The van der Waals surface area contributed by atoms with Crippen molar-refractivity contribution in [1.29, 1.82) is 0 Å². The van der Waals surface area contributed by atoms with Crippen LogP contribution in [0.25, 0.3) is 11.1 Å². The number of hydrogen-bond donors (Lipinski definition) is 0. The van der Waals surface area contributed by atoms with Gasteiger partial charge in [-0.3, -0.25) is 9.59 Å². The number of carbonyl (C=O) groups is 3. The molecule has 4 aromatic rings. The molecular weight excluding hydrogens is 428 g/mol. The maximum Gasteiger partial charge on any atom is 0.344 e. The van der Waals surface area contributed by atoms with Crippen molar-refractivity contribution in [2.75, 3.05) is 13.2 Å². The standard InChI is InChI=1S/C29H22O5/c30-27(23-13-11-22(12-14-23)21-7-3-1-4-8-21)19-34-28(31)20-33-26-17-15-25(16-18-26)29(32)24-9-5-2-6-10-24/h1-18H,19-20H2. The fourth-order valence-electron chi connectivity index (χ4n) is 3.35. The van der Waals surface area contributed by atoms with Crippen LogP contribution in [0.15, 0.2) is 109 Å². The minimum absolute atomic E-state index is 0.0955. The van der Waals surface area contributed by atoms with Crippen LogP contribution in [0, 0.1) is 0 Å². The van der Waals surface area contributed by atoms with Gasteiger partial charge in [0.1, 0.15) is 5.75 Å². The predicted octanol–water partition coefficient (Wildman–Crippen LogP) is 5.39. The first-order chi connectivity index (χ1) is 16.6. The number of ether oxygens (including phenoxy) is 2. The fraction of sp³-hybridized carbons (Fsp3) is 0.0690. The number of esters is 1. The molecule has 168 valence electrons. The van der Waals surface area contributed by atoms with E-state index in [-0.39, 0.29) is 24.8 Å². The molecule has 0 spiro atoms. The van der Waals surface area contributed by atoms with Gasteiger partial charge in [0.05, 0.1) is 0 Å². The van der Waals surface area contributed by atoms with Gasteiger partial charge in [0.25, 0.3) is 0 Å². The van der Waals surface area contributed by atoms with E-state index in [1.807, 2.05) is 48.5 Å². The Morgan fingerprint density at radius 3 is 1.71 bits per heavy atom. The average Bonchev–Trinajstić information content (AvgIpc) is 2.91. The molecule has 0 aliphatic rings. The smallest absolute Gasteiger partial charge is 0.344 e. The Balaban J connectivity index is 1.24. The van der Waals surface area contributed by atoms with Crippen LogP contribution in [0.3, 0.4) is 0 Å². The SMILES string of the molecule is O=C(COc1ccc(C(=O)c2ccccc2)cc1)OCC(=O)c1ccc(-c2ccccc2)cc1. The first-order valence-corrected chi connectivity index (χ1v) is 10.8. The molecule has 0 saturated carbocycles. The Hall–Kier alpha value is -4.51. The Labute approximate surface area is 197 Å². The molecule has 4 rings (SSSR count). The summed E-state index contributed by atoms with van der Waals surface area (Å²) in [5.74, 6) is -0.623. The van der Waals surface area contributed by atoms with Gasteiger partial charge in [-0.05, 0) is 35.4 Å². The first-order valence-electron chi connectivity index (χ1n) is 10.8. The van der Waals surface area contributed by atoms with Gasteiger partial charge in [-0.2, -0.15) is 0 Å². The topological polar surface area (TPSA) is 69.7 Å². The van der Waals surface area contributed by atoms with Crippen LogP contribution < -0.4 is 4.74 Å². The number of carbonyl (C=O) groups excluding carboxylic acids is 3. The Kier molecular flexibility index (Phi) is 7.25. The first kappa shape index (κ1) is 22.7. The summed E-state index contributed by atoms with van der Waals surface area (Å²) in [5, 5.41) is 0. The third-order valence-electron chi connectivity index (χ3n) is 5.19. The molecule has 0 N–H and O–H groups in total. The van der Waals surface area contributed by atoms with E-state index in [0.29, 0.717) is 22.4 Å². The molecule has 0 fully saturated rings. The molecule has 4 aromatic carbocycles. The summed E-state index contributed by atoms with van der Waals surface area (Å²) >= 11 is 0. The molecule has 0 saturated heterocycles. The number of hydrogen-bond acceptors (Lipinski definition) is 5. The van der Waals surface area contributed by atoms with Crippen LogP contribution in [0.4, 0.5) is 0 Å². The molecule has 5 heteroatoms. The Morgan fingerprint density at radius 2 is 1.06 bits per heavy atom. The second-order valence-corrected chi connectivity index (χ2v) is 7.54. The third kappa shape index (κ3) is 5.84. The van der Waals surface area contributed by atoms with Crippen molar-refractivity contribution < 1.29 is 23.9 Å². The van der Waals surface area contributed by atoms with Crippen LogP contribution >= 0.6 is 0 Å². The predicted molar refractivity (Wildman–Crippen MR) is 129 cm³/mol. The molecule has 5 nitrogen and oxygen atoms in total. The average molecular weight is 450 g/mol. The zero-order valence-corrected chi connectivity index (χ0v) is 18.3. The highest BCUT2D eigenvalue weighted by atomic mass is 16.6. The summed E-state index contributed by atoms with van der Waals surface area (Å²) < 4.78 is 10.5. The van der Waals surface area contributed by atoms with Crippen molar-refractivity contribution in [3.63, 3.8) is 0 Å². The number of ketones is 2. The second-order valence-electron chi connectivity index (χ2n) is 7.54. The van der Waals surface area contributed by atoms with Crippen molar-refractivity contribution >= 4 is 17.5 Å². The molecule has 0 atom stereocenters. The van der Waals surface area contributed by atoms with Crippen molar-refractivity contribution in [2.24, 2.45) is 0 Å². The molecule has 0 aliphatic heterocycles. The highest BCUT2D eigenvalue weighted by Gasteiger charge is 2.12. The van der Waals surface area contributed by atoms with E-state index in [1.165, 1.54) is 0 Å². The molecule has 0 bridgehead atoms. The summed E-state index contributed by atoms with van der Waals surface area (Å²) in [6, 6.07) is 32.5. The Bertz CT molecular complexity index is 1260. The monoisotopic (exact) mass is 450 g/mol. The van der Waals surface area contributed by atoms with Gasteiger partial charge in [-0.15, -0.1) is 0 Å². The highest BCUT2D eigenvalue weighted by Crippen LogP contribution is 2.19. The highest BCUT2D eigenvalue weighted by molar-refractivity contribution is 6.09. The molecule has 0 aliphatic carbocycles. The van der Waals surface area contributed by atoms with Gasteiger partial charge < -0.3 is 9.47 Å². The van der Waals surface area contributed by atoms with Crippen molar-refractivity contribution in [3.05, 3.63) is 126 Å². The van der Waals surface area contributed by atoms with Crippen LogP contribution in [0.1, 0.15) is 26.3 Å². The summed E-state index contributed by atoms with van der Waals surface area (Å²) in [7, 11) is 0. The van der Waals surface area contributed by atoms with Gasteiger partial charge in [0, 0.05) is 16.7 Å². The van der Waals surface area contributed by atoms with Crippen LogP contribution in [0.2, 0.25) is 0 Å². The van der Waals surface area contributed by atoms with Crippen molar-refractivity contribution in [1.82, 2.24) is 0 Å². The number of Topliss-reactive ketones (excluding diaryl/α,β-unsaturated/α-hetero) is 1. The minimum Gasteiger partial charge on any atom is -0.482 e. The van der Waals surface area contributed by atoms with E-state index >= 15 is 0 Å². The van der Waals surface area contributed by atoms with E-state index < -0.39 is 5.97 Å². The zero-order chi connectivity index (χ0) is 23.8.